The van der Waals surface area contributed by atoms with Gasteiger partial charge in [-0.25, -0.2) is 0 Å². The molecule has 1 atom stereocenters. The van der Waals surface area contributed by atoms with Crippen LogP contribution in [0.5, 0.6) is 17.2 Å². The Balaban J connectivity index is 3.25. The third-order valence-corrected chi connectivity index (χ3v) is 2.22. The zero-order chi connectivity index (χ0) is 10.9. The molecule has 0 fully saturated rings. The first-order valence-corrected chi connectivity index (χ1v) is 4.44. The minimum absolute atomic E-state index is 0.0635. The molecule has 0 aliphatic rings. The zero-order valence-electron chi connectivity index (χ0n) is 8.23. The first kappa shape index (κ1) is 10.7. The van der Waals surface area contributed by atoms with Crippen LogP contribution in [-0.2, 0) is 0 Å². The lowest BCUT2D eigenvalue weighted by molar-refractivity contribution is 0.373. The van der Waals surface area contributed by atoms with Crippen LogP contribution in [-0.4, -0.2) is 15.3 Å². The van der Waals surface area contributed by atoms with Crippen LogP contribution in [0.2, 0.25) is 0 Å². The van der Waals surface area contributed by atoms with Gasteiger partial charge in [-0.2, -0.15) is 0 Å². The summed E-state index contributed by atoms with van der Waals surface area (Å²) in [4.78, 5) is 0. The van der Waals surface area contributed by atoms with Crippen LogP contribution in [0.25, 0.3) is 0 Å². The van der Waals surface area contributed by atoms with Gasteiger partial charge in [-0.1, -0.05) is 13.8 Å². The summed E-state index contributed by atoms with van der Waals surface area (Å²) in [6.45, 7) is 3.74. The first-order chi connectivity index (χ1) is 6.45. The molecule has 5 N–H and O–H groups in total. The van der Waals surface area contributed by atoms with Gasteiger partial charge in [0.2, 0.25) is 0 Å². The summed E-state index contributed by atoms with van der Waals surface area (Å²) >= 11 is 0. The van der Waals surface area contributed by atoms with Crippen molar-refractivity contribution >= 4 is 0 Å². The Kier molecular flexibility index (Phi) is 2.86. The van der Waals surface area contributed by atoms with E-state index in [9.17, 15) is 15.3 Å². The number of aromatic hydroxyl groups is 3. The lowest BCUT2D eigenvalue weighted by Crippen LogP contribution is -2.16. The van der Waals surface area contributed by atoms with E-state index in [4.69, 9.17) is 5.73 Å². The first-order valence-electron chi connectivity index (χ1n) is 4.44. The van der Waals surface area contributed by atoms with Crippen molar-refractivity contribution in [3.05, 3.63) is 17.7 Å². The molecule has 1 aromatic carbocycles. The number of benzene rings is 1. The Morgan fingerprint density at radius 3 is 2.07 bits per heavy atom. The quantitative estimate of drug-likeness (QED) is 0.427. The molecule has 0 saturated heterocycles. The summed E-state index contributed by atoms with van der Waals surface area (Å²) in [7, 11) is 0. The molecule has 0 spiro atoms. The molecule has 4 nitrogen and oxygen atoms in total. The summed E-state index contributed by atoms with van der Waals surface area (Å²) in [5.74, 6) is -0.643. The standard InChI is InChI=1S/C10H15NO3/c1-5(2)9(11)8-6(12)3-4-7(13)10(8)14/h3-5,9,12-14H,11H2,1-2H3/t9-/m1/s1. The van der Waals surface area contributed by atoms with Crippen LogP contribution in [0.3, 0.4) is 0 Å². The summed E-state index contributed by atoms with van der Waals surface area (Å²) in [5.41, 5.74) is 5.97. The molecular formula is C10H15NO3. The highest BCUT2D eigenvalue weighted by atomic mass is 16.3. The van der Waals surface area contributed by atoms with Gasteiger partial charge in [0.15, 0.2) is 11.5 Å². The van der Waals surface area contributed by atoms with Gasteiger partial charge in [0, 0.05) is 6.04 Å². The van der Waals surface area contributed by atoms with Gasteiger partial charge in [0.25, 0.3) is 0 Å². The van der Waals surface area contributed by atoms with E-state index in [-0.39, 0.29) is 28.7 Å². The highest BCUT2D eigenvalue weighted by Crippen LogP contribution is 2.40. The maximum absolute atomic E-state index is 9.51. The molecule has 0 amide bonds. The number of phenolic OH excluding ortho intramolecular Hbond substituents is 3. The fourth-order valence-electron chi connectivity index (χ4n) is 1.25. The van der Waals surface area contributed by atoms with E-state index in [0.29, 0.717) is 0 Å². The maximum atomic E-state index is 9.51. The van der Waals surface area contributed by atoms with Crippen molar-refractivity contribution in [2.24, 2.45) is 11.7 Å². The van der Waals surface area contributed by atoms with E-state index in [0.717, 1.165) is 0 Å². The lowest BCUT2D eigenvalue weighted by atomic mass is 9.95. The van der Waals surface area contributed by atoms with Gasteiger partial charge in [0.05, 0.1) is 5.56 Å². The van der Waals surface area contributed by atoms with Crippen LogP contribution >= 0.6 is 0 Å². The van der Waals surface area contributed by atoms with Gasteiger partial charge >= 0.3 is 0 Å². The highest BCUT2D eigenvalue weighted by Gasteiger charge is 2.20. The van der Waals surface area contributed by atoms with Crippen LogP contribution in [0.4, 0.5) is 0 Å². The van der Waals surface area contributed by atoms with Gasteiger partial charge in [-0.05, 0) is 18.1 Å². The number of phenols is 3. The monoisotopic (exact) mass is 197 g/mol. The topological polar surface area (TPSA) is 86.7 Å². The molecule has 0 aromatic heterocycles. The average Bonchev–Trinajstić information content (AvgIpc) is 2.12. The highest BCUT2D eigenvalue weighted by molar-refractivity contribution is 5.53. The van der Waals surface area contributed by atoms with Gasteiger partial charge in [-0.15, -0.1) is 0 Å². The summed E-state index contributed by atoms with van der Waals surface area (Å²) < 4.78 is 0. The fraction of sp³-hybridized carbons (Fsp3) is 0.400. The Morgan fingerprint density at radius 2 is 1.57 bits per heavy atom. The van der Waals surface area contributed by atoms with E-state index >= 15 is 0 Å². The Labute approximate surface area is 82.6 Å². The second-order valence-electron chi connectivity index (χ2n) is 3.64. The predicted molar refractivity (Wildman–Crippen MR) is 53.2 cm³/mol. The summed E-state index contributed by atoms with van der Waals surface area (Å²) in [6.07, 6.45) is 0. The SMILES string of the molecule is CC(C)[C@@H](N)c1c(O)ccc(O)c1O. The summed E-state index contributed by atoms with van der Waals surface area (Å²) in [5, 5.41) is 28.2. The Bertz CT molecular complexity index is 336. The van der Waals surface area contributed by atoms with Crippen LogP contribution in [0.1, 0.15) is 25.5 Å². The molecule has 78 valence electrons. The Morgan fingerprint density at radius 1 is 1.07 bits per heavy atom. The van der Waals surface area contributed by atoms with Crippen molar-refractivity contribution < 1.29 is 15.3 Å². The molecule has 0 unspecified atom stereocenters. The van der Waals surface area contributed by atoms with Crippen molar-refractivity contribution in [3.63, 3.8) is 0 Å². The van der Waals surface area contributed by atoms with E-state index in [1.807, 2.05) is 13.8 Å². The third kappa shape index (κ3) is 1.75. The van der Waals surface area contributed by atoms with Gasteiger partial charge in [0.1, 0.15) is 5.75 Å². The average molecular weight is 197 g/mol. The lowest BCUT2D eigenvalue weighted by Gasteiger charge is -2.18. The smallest absolute Gasteiger partial charge is 0.166 e. The van der Waals surface area contributed by atoms with Gasteiger partial charge < -0.3 is 21.1 Å². The number of hydrogen-bond acceptors (Lipinski definition) is 4. The normalized spacial score (nSPS) is 13.1. The molecule has 0 bridgehead atoms. The molecule has 1 aromatic rings. The minimum Gasteiger partial charge on any atom is -0.507 e. The van der Waals surface area contributed by atoms with Gasteiger partial charge in [-0.3, -0.25) is 0 Å². The molecule has 0 radical (unpaired) electrons. The minimum atomic E-state index is -0.498. The zero-order valence-corrected chi connectivity index (χ0v) is 8.23. The van der Waals surface area contributed by atoms with Crippen molar-refractivity contribution in [1.29, 1.82) is 0 Å². The van der Waals surface area contributed by atoms with Crippen molar-refractivity contribution in [3.8, 4) is 17.2 Å². The van der Waals surface area contributed by atoms with Crippen LogP contribution < -0.4 is 5.73 Å². The largest absolute Gasteiger partial charge is 0.507 e. The van der Waals surface area contributed by atoms with E-state index in [1.165, 1.54) is 12.1 Å². The molecule has 0 saturated carbocycles. The molecule has 0 heterocycles. The Hall–Kier alpha value is -1.42. The van der Waals surface area contributed by atoms with E-state index in [1.54, 1.807) is 0 Å². The molecule has 0 aliphatic heterocycles. The second-order valence-corrected chi connectivity index (χ2v) is 3.64. The van der Waals surface area contributed by atoms with E-state index in [2.05, 4.69) is 0 Å². The maximum Gasteiger partial charge on any atom is 0.166 e. The van der Waals surface area contributed by atoms with Crippen LogP contribution in [0.15, 0.2) is 12.1 Å². The molecule has 14 heavy (non-hydrogen) atoms. The number of nitrogens with two attached hydrogens (primary N) is 1. The molecule has 0 aliphatic carbocycles. The second kappa shape index (κ2) is 3.75. The molecule has 4 heteroatoms. The van der Waals surface area contributed by atoms with Crippen molar-refractivity contribution in [2.45, 2.75) is 19.9 Å². The molecular weight excluding hydrogens is 182 g/mol. The predicted octanol–water partition coefficient (Wildman–Crippen LogP) is 1.46. The molecule has 1 rings (SSSR count). The fourth-order valence-corrected chi connectivity index (χ4v) is 1.25. The van der Waals surface area contributed by atoms with E-state index < -0.39 is 6.04 Å². The number of rotatable bonds is 2. The van der Waals surface area contributed by atoms with Crippen LogP contribution in [0, 0.1) is 5.92 Å². The third-order valence-electron chi connectivity index (χ3n) is 2.22. The van der Waals surface area contributed by atoms with Crippen molar-refractivity contribution in [1.82, 2.24) is 0 Å². The number of hydrogen-bond donors (Lipinski definition) is 4. The summed E-state index contributed by atoms with van der Waals surface area (Å²) in [6, 6.07) is 2.04. The van der Waals surface area contributed by atoms with Crippen molar-refractivity contribution in [2.75, 3.05) is 0 Å².